The van der Waals surface area contributed by atoms with E-state index in [1.54, 1.807) is 0 Å². The molecule has 0 bridgehead atoms. The molecule has 0 aliphatic rings. The summed E-state index contributed by atoms with van der Waals surface area (Å²) in [7, 11) is 1.17. The number of benzene rings is 2. The summed E-state index contributed by atoms with van der Waals surface area (Å²) in [5.74, 6) is -7.22. The van der Waals surface area contributed by atoms with Gasteiger partial charge in [-0.2, -0.15) is 0 Å². The maximum absolute atomic E-state index is 14.0. The molecule has 0 aliphatic heterocycles. The second-order valence-corrected chi connectivity index (χ2v) is 4.06. The molecule has 2 aromatic rings. The molecule has 0 aliphatic carbocycles. The minimum Gasteiger partial charge on any atom is -0.497 e. The van der Waals surface area contributed by atoms with Crippen LogP contribution in [-0.4, -0.2) is 18.2 Å². The number of methoxy groups -OCH3 is 1. The highest BCUT2D eigenvalue weighted by atomic mass is 19.1. The third-order valence-corrected chi connectivity index (χ3v) is 2.82. The molecule has 0 aromatic heterocycles. The first kappa shape index (κ1) is 14.8. The highest BCUT2D eigenvalue weighted by Gasteiger charge is 2.25. The average molecular weight is 300 g/mol. The number of aromatic carboxylic acids is 1. The van der Waals surface area contributed by atoms with Crippen molar-refractivity contribution >= 4 is 5.97 Å². The van der Waals surface area contributed by atoms with Crippen LogP contribution in [0.15, 0.2) is 24.3 Å². The van der Waals surface area contributed by atoms with Crippen LogP contribution in [0.2, 0.25) is 0 Å². The van der Waals surface area contributed by atoms with E-state index in [0.29, 0.717) is 12.1 Å². The van der Waals surface area contributed by atoms with Gasteiger partial charge in [0.15, 0.2) is 0 Å². The van der Waals surface area contributed by atoms with E-state index in [1.807, 2.05) is 0 Å². The van der Waals surface area contributed by atoms with E-state index < -0.39 is 45.9 Å². The molecule has 21 heavy (non-hydrogen) atoms. The highest BCUT2D eigenvalue weighted by molar-refractivity contribution is 5.90. The fraction of sp³-hybridized carbons (Fsp3) is 0.0714. The quantitative estimate of drug-likeness (QED) is 0.881. The second-order valence-electron chi connectivity index (χ2n) is 4.06. The Bertz CT molecular complexity index is 705. The maximum Gasteiger partial charge on any atom is 0.338 e. The van der Waals surface area contributed by atoms with E-state index in [1.165, 1.54) is 7.11 Å². The first-order valence-electron chi connectivity index (χ1n) is 5.61. The van der Waals surface area contributed by atoms with Crippen molar-refractivity contribution in [3.05, 3.63) is 53.1 Å². The summed E-state index contributed by atoms with van der Waals surface area (Å²) >= 11 is 0. The number of hydrogen-bond acceptors (Lipinski definition) is 2. The molecule has 0 unspecified atom stereocenters. The molecular weight excluding hydrogens is 292 g/mol. The third-order valence-electron chi connectivity index (χ3n) is 2.82. The molecule has 0 amide bonds. The first-order chi connectivity index (χ1) is 9.86. The summed E-state index contributed by atoms with van der Waals surface area (Å²) in [6, 6.07) is 2.79. The Kier molecular flexibility index (Phi) is 3.84. The highest BCUT2D eigenvalue weighted by Crippen LogP contribution is 2.34. The van der Waals surface area contributed by atoms with Gasteiger partial charge in [0.1, 0.15) is 29.0 Å². The Labute approximate surface area is 116 Å². The summed E-state index contributed by atoms with van der Waals surface area (Å²) < 4.78 is 60.1. The zero-order valence-corrected chi connectivity index (χ0v) is 10.6. The molecule has 0 saturated carbocycles. The standard InChI is InChI=1S/C14H8F4O3/c1-21-6-4-9(16)11(10(17)5-6)12-8(15)3-2-7(13(12)18)14(19)20/h2-5H,1H3,(H,19,20). The summed E-state index contributed by atoms with van der Waals surface area (Å²) in [4.78, 5) is 10.8. The van der Waals surface area contributed by atoms with Crippen molar-refractivity contribution in [2.75, 3.05) is 7.11 Å². The zero-order valence-electron chi connectivity index (χ0n) is 10.6. The van der Waals surface area contributed by atoms with E-state index in [2.05, 4.69) is 4.74 Å². The van der Waals surface area contributed by atoms with E-state index in [-0.39, 0.29) is 5.75 Å². The largest absolute Gasteiger partial charge is 0.497 e. The predicted molar refractivity (Wildman–Crippen MR) is 65.2 cm³/mol. The smallest absolute Gasteiger partial charge is 0.338 e. The molecular formula is C14H8F4O3. The number of carbonyl (C=O) groups is 1. The van der Waals surface area contributed by atoms with Gasteiger partial charge >= 0.3 is 5.97 Å². The van der Waals surface area contributed by atoms with Crippen molar-refractivity contribution in [2.24, 2.45) is 0 Å². The van der Waals surface area contributed by atoms with Gasteiger partial charge in [0.05, 0.1) is 23.8 Å². The van der Waals surface area contributed by atoms with E-state index >= 15 is 0 Å². The first-order valence-corrected chi connectivity index (χ1v) is 5.61. The molecule has 0 spiro atoms. The van der Waals surface area contributed by atoms with Gasteiger partial charge < -0.3 is 9.84 Å². The van der Waals surface area contributed by atoms with Crippen LogP contribution in [-0.2, 0) is 0 Å². The van der Waals surface area contributed by atoms with Gasteiger partial charge in [-0.15, -0.1) is 0 Å². The molecule has 7 heteroatoms. The monoisotopic (exact) mass is 300 g/mol. The number of carboxylic acids is 1. The number of carboxylic acid groups (broad SMARTS) is 1. The number of rotatable bonds is 3. The summed E-state index contributed by atoms with van der Waals surface area (Å²) in [6.07, 6.45) is 0. The van der Waals surface area contributed by atoms with Gasteiger partial charge in [-0.1, -0.05) is 0 Å². The van der Waals surface area contributed by atoms with Crippen LogP contribution >= 0.6 is 0 Å². The van der Waals surface area contributed by atoms with E-state index in [9.17, 15) is 22.4 Å². The van der Waals surface area contributed by atoms with Crippen molar-refractivity contribution in [3.8, 4) is 16.9 Å². The SMILES string of the molecule is COc1cc(F)c(-c2c(F)ccc(C(=O)O)c2F)c(F)c1. The Morgan fingerprint density at radius 2 is 1.57 bits per heavy atom. The van der Waals surface area contributed by atoms with Crippen LogP contribution in [0.1, 0.15) is 10.4 Å². The van der Waals surface area contributed by atoms with Gasteiger partial charge in [0, 0.05) is 12.1 Å². The average Bonchev–Trinajstić information content (AvgIpc) is 2.40. The zero-order chi connectivity index (χ0) is 15.7. The molecule has 2 rings (SSSR count). The van der Waals surface area contributed by atoms with Crippen molar-refractivity contribution in [3.63, 3.8) is 0 Å². The van der Waals surface area contributed by atoms with Crippen LogP contribution < -0.4 is 4.74 Å². The van der Waals surface area contributed by atoms with Gasteiger partial charge in [-0.05, 0) is 12.1 Å². The minimum atomic E-state index is -1.68. The molecule has 0 saturated heterocycles. The van der Waals surface area contributed by atoms with Crippen LogP contribution in [0.25, 0.3) is 11.1 Å². The fourth-order valence-corrected chi connectivity index (χ4v) is 1.85. The topological polar surface area (TPSA) is 46.5 Å². The van der Waals surface area contributed by atoms with E-state index in [4.69, 9.17) is 5.11 Å². The second kappa shape index (κ2) is 5.43. The van der Waals surface area contributed by atoms with Gasteiger partial charge in [-0.25, -0.2) is 22.4 Å². The third kappa shape index (κ3) is 2.54. The Morgan fingerprint density at radius 3 is 2.05 bits per heavy atom. The number of halogens is 4. The van der Waals surface area contributed by atoms with Crippen LogP contribution in [0.5, 0.6) is 5.75 Å². The molecule has 2 aromatic carbocycles. The van der Waals surface area contributed by atoms with Gasteiger partial charge in [0.25, 0.3) is 0 Å². The number of ether oxygens (including phenoxy) is 1. The Hall–Kier alpha value is -2.57. The molecule has 1 N–H and O–H groups in total. The van der Waals surface area contributed by atoms with Gasteiger partial charge in [0.2, 0.25) is 0 Å². The van der Waals surface area contributed by atoms with Crippen molar-refractivity contribution in [2.45, 2.75) is 0 Å². The summed E-state index contributed by atoms with van der Waals surface area (Å²) in [6.45, 7) is 0. The predicted octanol–water partition coefficient (Wildman–Crippen LogP) is 3.62. The lowest BCUT2D eigenvalue weighted by Crippen LogP contribution is -2.05. The van der Waals surface area contributed by atoms with Crippen LogP contribution in [0.3, 0.4) is 0 Å². The molecule has 0 fully saturated rings. The lowest BCUT2D eigenvalue weighted by atomic mass is 10.00. The molecule has 0 heterocycles. The van der Waals surface area contributed by atoms with Crippen LogP contribution in [0.4, 0.5) is 17.6 Å². The van der Waals surface area contributed by atoms with Crippen molar-refractivity contribution < 1.29 is 32.2 Å². The molecule has 3 nitrogen and oxygen atoms in total. The molecule has 110 valence electrons. The van der Waals surface area contributed by atoms with Crippen LogP contribution in [0, 0.1) is 23.3 Å². The fourth-order valence-electron chi connectivity index (χ4n) is 1.85. The Morgan fingerprint density at radius 1 is 1.00 bits per heavy atom. The lowest BCUT2D eigenvalue weighted by Gasteiger charge is -2.11. The summed E-state index contributed by atoms with van der Waals surface area (Å²) in [5, 5.41) is 8.78. The lowest BCUT2D eigenvalue weighted by molar-refractivity contribution is 0.0692. The van der Waals surface area contributed by atoms with Crippen molar-refractivity contribution in [1.29, 1.82) is 0 Å². The van der Waals surface area contributed by atoms with Gasteiger partial charge in [-0.3, -0.25) is 0 Å². The minimum absolute atomic E-state index is 0.177. The number of hydrogen-bond donors (Lipinski definition) is 1. The maximum atomic E-state index is 14.0. The Balaban J connectivity index is 2.79. The molecule has 0 atom stereocenters. The summed E-state index contributed by atoms with van der Waals surface area (Å²) in [5.41, 5.74) is -2.96. The molecule has 0 radical (unpaired) electrons. The normalized spacial score (nSPS) is 10.5. The van der Waals surface area contributed by atoms with E-state index in [0.717, 1.165) is 12.1 Å². The van der Waals surface area contributed by atoms with Crippen molar-refractivity contribution in [1.82, 2.24) is 0 Å².